The van der Waals surface area contributed by atoms with E-state index >= 15 is 0 Å². The summed E-state index contributed by atoms with van der Waals surface area (Å²) in [6.45, 7) is 3.50. The maximum absolute atomic E-state index is 12.5. The summed E-state index contributed by atoms with van der Waals surface area (Å²) >= 11 is 0. The summed E-state index contributed by atoms with van der Waals surface area (Å²) in [5, 5.41) is 3.31. The maximum atomic E-state index is 12.5. The first-order valence-corrected chi connectivity index (χ1v) is 14.2. The first-order chi connectivity index (χ1) is 16.1. The molecule has 0 bridgehead atoms. The van der Waals surface area contributed by atoms with E-state index in [-0.39, 0.29) is 19.1 Å². The van der Waals surface area contributed by atoms with Gasteiger partial charge in [0.1, 0.15) is 6.04 Å². The molecule has 1 aliphatic rings. The molecule has 1 fully saturated rings. The van der Waals surface area contributed by atoms with Gasteiger partial charge in [0, 0.05) is 32.6 Å². The van der Waals surface area contributed by atoms with E-state index in [1.54, 1.807) is 0 Å². The van der Waals surface area contributed by atoms with E-state index in [4.69, 9.17) is 12.4 Å². The molecule has 1 rings (SSSR count). The second-order valence-electron chi connectivity index (χ2n) is 7.30. The fourth-order valence-corrected chi connectivity index (χ4v) is 5.40. The predicted octanol–water partition coefficient (Wildman–Crippen LogP) is 1.13. The SMILES string of the molecule is [3H]C(P)C(=O)CNOC(=O)[C@@H](CC)CSSC[C@@H](NC1CCC1C)C(=O)ONCC(=O)C([3H])P. The smallest absolute Gasteiger partial charge is 0.342 e. The third-order valence-corrected chi connectivity index (χ3v) is 8.18. The van der Waals surface area contributed by atoms with E-state index in [2.05, 4.69) is 41.7 Å². The van der Waals surface area contributed by atoms with Crippen LogP contribution in [0.1, 0.15) is 35.9 Å². The average molecular weight is 532 g/mol. The van der Waals surface area contributed by atoms with Gasteiger partial charge in [0.15, 0.2) is 11.6 Å². The fourth-order valence-electron chi connectivity index (χ4n) is 2.58. The number of carbonyl (C=O) groups is 4. The number of hydrogen-bond donors (Lipinski definition) is 3. The van der Waals surface area contributed by atoms with Gasteiger partial charge in [-0.25, -0.2) is 4.79 Å². The van der Waals surface area contributed by atoms with E-state index in [9.17, 15) is 19.2 Å². The monoisotopic (exact) mass is 531 g/mol. The molecule has 0 spiro atoms. The summed E-state index contributed by atoms with van der Waals surface area (Å²) in [7, 11) is 6.99. The van der Waals surface area contributed by atoms with E-state index < -0.39 is 47.7 Å². The molecule has 0 aliphatic heterocycles. The van der Waals surface area contributed by atoms with Crippen LogP contribution in [0.5, 0.6) is 0 Å². The molecule has 1 aliphatic carbocycles. The Morgan fingerprint density at radius 2 is 1.56 bits per heavy atom. The molecule has 8 atom stereocenters. The minimum atomic E-state index is -0.975. The molecular weight excluding hydrogens is 492 g/mol. The first kappa shape index (κ1) is 26.3. The van der Waals surface area contributed by atoms with Crippen molar-refractivity contribution in [3.63, 3.8) is 0 Å². The van der Waals surface area contributed by atoms with Gasteiger partial charge in [-0.3, -0.25) is 14.4 Å². The summed E-state index contributed by atoms with van der Waals surface area (Å²) in [5.41, 5.74) is 4.65. The van der Waals surface area contributed by atoms with Crippen LogP contribution in [0, 0.1) is 11.8 Å². The molecule has 13 heteroatoms. The van der Waals surface area contributed by atoms with Crippen molar-refractivity contribution in [1.29, 1.82) is 0 Å². The normalized spacial score (nSPS) is 22.4. The fraction of sp³-hybridized carbons (Fsp3) is 0.789. The molecule has 0 saturated heterocycles. The summed E-state index contributed by atoms with van der Waals surface area (Å²) in [6.07, 6.45) is 0.663. The van der Waals surface area contributed by atoms with Gasteiger partial charge in [-0.2, -0.15) is 0 Å². The topological polar surface area (TPSA) is 123 Å². The minimum absolute atomic E-state index is 0.214. The minimum Gasteiger partial charge on any atom is -0.370 e. The molecule has 0 aromatic carbocycles. The Balaban J connectivity index is 2.45. The molecule has 1 saturated carbocycles. The lowest BCUT2D eigenvalue weighted by atomic mass is 9.81. The third-order valence-electron chi connectivity index (χ3n) is 4.94. The van der Waals surface area contributed by atoms with Crippen LogP contribution in [0.15, 0.2) is 0 Å². The number of nitrogens with one attached hydrogen (secondary N) is 3. The van der Waals surface area contributed by atoms with E-state index in [1.165, 1.54) is 21.6 Å². The Bertz CT molecular complexity index is 696. The number of hydroxylamine groups is 2. The Labute approximate surface area is 205 Å². The van der Waals surface area contributed by atoms with Crippen molar-refractivity contribution in [2.24, 2.45) is 11.8 Å². The van der Waals surface area contributed by atoms with Crippen LogP contribution in [0.2, 0.25) is 0 Å². The van der Waals surface area contributed by atoms with Gasteiger partial charge >= 0.3 is 11.9 Å². The predicted molar refractivity (Wildman–Crippen MR) is 135 cm³/mol. The maximum Gasteiger partial charge on any atom is 0.342 e. The van der Waals surface area contributed by atoms with Gasteiger partial charge < -0.3 is 15.0 Å². The van der Waals surface area contributed by atoms with Crippen LogP contribution in [0.3, 0.4) is 0 Å². The Morgan fingerprint density at radius 3 is 2.03 bits per heavy atom. The van der Waals surface area contributed by atoms with E-state index in [0.29, 0.717) is 23.8 Å². The zero-order valence-corrected chi connectivity index (χ0v) is 22.3. The lowest BCUT2D eigenvalue weighted by Crippen LogP contribution is -2.52. The molecule has 0 aromatic heterocycles. The van der Waals surface area contributed by atoms with Gasteiger partial charge in [0.25, 0.3) is 0 Å². The Morgan fingerprint density at radius 1 is 1.00 bits per heavy atom. The van der Waals surface area contributed by atoms with Gasteiger partial charge in [-0.15, -0.1) is 29.4 Å². The average Bonchev–Trinajstić information content (AvgIpc) is 2.79. The summed E-state index contributed by atoms with van der Waals surface area (Å²) in [5.74, 6) is -0.936. The van der Waals surface area contributed by atoms with Crippen molar-refractivity contribution in [2.75, 3.05) is 36.9 Å². The molecule has 0 aromatic rings. The van der Waals surface area contributed by atoms with E-state index in [1.807, 2.05) is 6.92 Å². The van der Waals surface area contributed by atoms with Crippen molar-refractivity contribution >= 4 is 63.6 Å². The van der Waals surface area contributed by atoms with Crippen molar-refractivity contribution in [1.82, 2.24) is 16.3 Å². The molecule has 0 amide bonds. The largest absolute Gasteiger partial charge is 0.370 e. The number of rotatable bonds is 18. The van der Waals surface area contributed by atoms with Gasteiger partial charge in [0.05, 0.1) is 19.0 Å². The van der Waals surface area contributed by atoms with Crippen LogP contribution < -0.4 is 16.3 Å². The molecule has 0 radical (unpaired) electrons. The molecule has 9 nitrogen and oxygen atoms in total. The van der Waals surface area contributed by atoms with Crippen molar-refractivity contribution in [3.8, 4) is 0 Å². The Kier molecular flexibility index (Phi) is 14.1. The zero-order valence-electron chi connectivity index (χ0n) is 20.3. The summed E-state index contributed by atoms with van der Waals surface area (Å²) in [6, 6.07) is -0.383. The Hall–Kier alpha value is -0.280. The summed E-state index contributed by atoms with van der Waals surface area (Å²) < 4.78 is 14.6. The number of carbonyl (C=O) groups excluding carboxylic acids is 4. The van der Waals surface area contributed by atoms with E-state index in [0.717, 1.165) is 12.8 Å². The van der Waals surface area contributed by atoms with Crippen molar-refractivity contribution in [3.05, 3.63) is 0 Å². The summed E-state index contributed by atoms with van der Waals surface area (Å²) in [4.78, 5) is 57.6. The quantitative estimate of drug-likeness (QED) is 0.102. The van der Waals surface area contributed by atoms with Crippen molar-refractivity contribution < 1.29 is 31.6 Å². The molecule has 32 heavy (non-hydrogen) atoms. The highest BCUT2D eigenvalue weighted by Gasteiger charge is 2.32. The highest BCUT2D eigenvalue weighted by Crippen LogP contribution is 2.29. The van der Waals surface area contributed by atoms with Gasteiger partial charge in [-0.1, -0.05) is 35.4 Å². The highest BCUT2D eigenvalue weighted by atomic mass is 33.1. The molecule has 3 N–H and O–H groups in total. The lowest BCUT2D eigenvalue weighted by Gasteiger charge is -2.36. The highest BCUT2D eigenvalue weighted by molar-refractivity contribution is 8.76. The van der Waals surface area contributed by atoms with Crippen LogP contribution in [0.25, 0.3) is 0 Å². The zero-order chi connectivity index (χ0) is 25.7. The third kappa shape index (κ3) is 11.7. The van der Waals surface area contributed by atoms with Gasteiger partial charge in [0.2, 0.25) is 0 Å². The van der Waals surface area contributed by atoms with Crippen LogP contribution >= 0.6 is 40.1 Å². The molecule has 184 valence electrons. The number of hydrogen-bond acceptors (Lipinski definition) is 11. The van der Waals surface area contributed by atoms with Crippen molar-refractivity contribution in [2.45, 2.75) is 45.2 Å². The molecule has 0 heterocycles. The van der Waals surface area contributed by atoms with Crippen LogP contribution in [0.4, 0.5) is 0 Å². The lowest BCUT2D eigenvalue weighted by molar-refractivity contribution is -0.156. The standard InChI is InChI=1S/C19H35N3O6P2S2/c1-3-13(18(25)27-20-6-14(23)8-29)10-31-32-11-17(22-16-5-4-12(16)2)19(26)28-21-7-15(24)9-30/h12-13,16-17,20-22H,3-11,29-30H2,1-2H3/t12?,13-,16?,17+/m0/s1/i8T,9T/t8?,9?,12?,13-,16?,17+. The second-order valence-corrected chi connectivity index (χ2v) is 10.5. The van der Waals surface area contributed by atoms with Crippen LogP contribution in [-0.4, -0.2) is 72.5 Å². The van der Waals surface area contributed by atoms with Crippen LogP contribution in [-0.2, 0) is 28.9 Å². The number of Topliss-reactive ketones (excluding diaryl/α,β-unsaturated/α-hetero) is 2. The second kappa shape index (κ2) is 17.2. The molecule has 6 unspecified atom stereocenters. The first-order valence-electron chi connectivity index (χ1n) is 11.5. The number of ketones is 2. The molecular formula is C19H35N3O6P2S2. The van der Waals surface area contributed by atoms with Gasteiger partial charge in [-0.05, 0) is 25.2 Å².